The number of rotatable bonds is 6. The summed E-state index contributed by atoms with van der Waals surface area (Å²) in [7, 11) is 1.73. The molecular formula is C17H25NO2. The molecule has 0 saturated carbocycles. The van der Waals surface area contributed by atoms with Gasteiger partial charge in [0.2, 0.25) is 0 Å². The van der Waals surface area contributed by atoms with Crippen LogP contribution in [0.4, 0.5) is 0 Å². The van der Waals surface area contributed by atoms with Crippen LogP contribution in [-0.4, -0.2) is 31.9 Å². The zero-order chi connectivity index (χ0) is 13.9. The Bertz CT molecular complexity index is 448. The van der Waals surface area contributed by atoms with Crippen LogP contribution >= 0.6 is 0 Å². The maximum absolute atomic E-state index is 6.03. The van der Waals surface area contributed by atoms with Crippen molar-refractivity contribution in [2.24, 2.45) is 5.92 Å². The Morgan fingerprint density at radius 2 is 2.30 bits per heavy atom. The molecule has 2 heterocycles. The first-order chi connectivity index (χ1) is 9.80. The summed E-state index contributed by atoms with van der Waals surface area (Å²) in [6.45, 7) is 3.20. The lowest BCUT2D eigenvalue weighted by Gasteiger charge is -2.29. The normalized spacial score (nSPS) is 29.6. The van der Waals surface area contributed by atoms with Crippen LogP contribution in [0.2, 0.25) is 0 Å². The maximum Gasteiger partial charge on any atom is 0.119 e. The molecule has 0 radical (unpaired) electrons. The van der Waals surface area contributed by atoms with Gasteiger partial charge in [-0.05, 0) is 49.9 Å². The third-order valence-corrected chi connectivity index (χ3v) is 4.73. The summed E-state index contributed by atoms with van der Waals surface area (Å²) in [4.78, 5) is 0. The van der Waals surface area contributed by atoms with E-state index < -0.39 is 0 Å². The van der Waals surface area contributed by atoms with Crippen molar-refractivity contribution in [3.05, 3.63) is 29.8 Å². The van der Waals surface area contributed by atoms with Crippen LogP contribution in [0.3, 0.4) is 0 Å². The van der Waals surface area contributed by atoms with E-state index in [1.807, 2.05) is 6.07 Å². The molecule has 2 aliphatic heterocycles. The second-order valence-electron chi connectivity index (χ2n) is 5.99. The summed E-state index contributed by atoms with van der Waals surface area (Å²) in [5.74, 6) is 1.61. The Kier molecular flexibility index (Phi) is 4.27. The number of hydrogen-bond acceptors (Lipinski definition) is 3. The molecule has 3 heteroatoms. The topological polar surface area (TPSA) is 30.5 Å². The van der Waals surface area contributed by atoms with Gasteiger partial charge in [0.25, 0.3) is 0 Å². The lowest BCUT2D eigenvalue weighted by molar-refractivity contribution is 0.0858. The molecule has 0 spiro atoms. The number of ether oxygens (including phenoxy) is 2. The van der Waals surface area contributed by atoms with E-state index in [0.29, 0.717) is 24.2 Å². The summed E-state index contributed by atoms with van der Waals surface area (Å²) < 4.78 is 11.4. The van der Waals surface area contributed by atoms with Gasteiger partial charge in [-0.25, -0.2) is 0 Å². The van der Waals surface area contributed by atoms with Crippen molar-refractivity contribution in [1.82, 2.24) is 5.32 Å². The number of hydrogen-bond donors (Lipinski definition) is 1. The van der Waals surface area contributed by atoms with Gasteiger partial charge >= 0.3 is 0 Å². The van der Waals surface area contributed by atoms with Crippen molar-refractivity contribution in [1.29, 1.82) is 0 Å². The minimum absolute atomic E-state index is 0.481. The van der Waals surface area contributed by atoms with E-state index in [-0.39, 0.29) is 0 Å². The molecule has 2 saturated heterocycles. The average molecular weight is 275 g/mol. The van der Waals surface area contributed by atoms with Crippen LogP contribution in [0.5, 0.6) is 5.75 Å². The van der Waals surface area contributed by atoms with E-state index in [4.69, 9.17) is 9.47 Å². The molecule has 1 N–H and O–H groups in total. The van der Waals surface area contributed by atoms with Gasteiger partial charge in [-0.1, -0.05) is 19.1 Å². The van der Waals surface area contributed by atoms with Crippen molar-refractivity contribution >= 4 is 0 Å². The van der Waals surface area contributed by atoms with Gasteiger partial charge < -0.3 is 14.8 Å². The number of likely N-dealkylation sites (N-methyl/N-ethyl adjacent to an activating group) is 1. The van der Waals surface area contributed by atoms with E-state index >= 15 is 0 Å². The molecule has 0 aromatic heterocycles. The molecule has 1 aromatic rings. The first kappa shape index (κ1) is 13.9. The predicted molar refractivity (Wildman–Crippen MR) is 80.2 cm³/mol. The van der Waals surface area contributed by atoms with E-state index in [2.05, 4.69) is 30.4 Å². The lowest BCUT2D eigenvalue weighted by Crippen LogP contribution is -2.42. The van der Waals surface area contributed by atoms with E-state index in [1.54, 1.807) is 7.11 Å². The fourth-order valence-corrected chi connectivity index (χ4v) is 3.79. The highest BCUT2D eigenvalue weighted by molar-refractivity contribution is 5.29. The molecule has 2 aliphatic rings. The van der Waals surface area contributed by atoms with Gasteiger partial charge in [-0.15, -0.1) is 0 Å². The monoisotopic (exact) mass is 275 g/mol. The van der Waals surface area contributed by atoms with Gasteiger partial charge in [0.1, 0.15) is 5.75 Å². The highest BCUT2D eigenvalue weighted by Crippen LogP contribution is 2.41. The summed E-state index contributed by atoms with van der Waals surface area (Å²) >= 11 is 0. The van der Waals surface area contributed by atoms with Crippen LogP contribution in [-0.2, 0) is 11.2 Å². The van der Waals surface area contributed by atoms with Crippen LogP contribution in [0, 0.1) is 5.92 Å². The Morgan fingerprint density at radius 1 is 1.40 bits per heavy atom. The first-order valence-corrected chi connectivity index (χ1v) is 7.82. The van der Waals surface area contributed by atoms with Crippen molar-refractivity contribution in [2.45, 2.75) is 50.9 Å². The van der Waals surface area contributed by atoms with Gasteiger partial charge in [0.05, 0.1) is 19.3 Å². The Balaban J connectivity index is 1.70. The van der Waals surface area contributed by atoms with Crippen LogP contribution in [0.15, 0.2) is 24.3 Å². The zero-order valence-corrected chi connectivity index (χ0v) is 12.5. The quantitative estimate of drug-likeness (QED) is 0.866. The van der Waals surface area contributed by atoms with Crippen molar-refractivity contribution in [3.63, 3.8) is 0 Å². The molecule has 3 nitrogen and oxygen atoms in total. The van der Waals surface area contributed by atoms with Crippen molar-refractivity contribution < 1.29 is 9.47 Å². The van der Waals surface area contributed by atoms with Crippen LogP contribution in [0.1, 0.15) is 31.7 Å². The first-order valence-electron chi connectivity index (χ1n) is 7.82. The Labute approximate surface area is 121 Å². The van der Waals surface area contributed by atoms with E-state index in [1.165, 1.54) is 24.8 Å². The molecule has 4 unspecified atom stereocenters. The highest BCUT2D eigenvalue weighted by Gasteiger charge is 2.43. The predicted octanol–water partition coefficient (Wildman–Crippen LogP) is 2.78. The summed E-state index contributed by atoms with van der Waals surface area (Å²) in [5, 5.41) is 3.67. The fourth-order valence-electron chi connectivity index (χ4n) is 3.79. The van der Waals surface area contributed by atoms with Gasteiger partial charge in [0, 0.05) is 12.0 Å². The molecule has 0 aliphatic carbocycles. The average Bonchev–Trinajstić information content (AvgIpc) is 3.10. The molecule has 3 rings (SSSR count). The molecule has 2 fully saturated rings. The number of nitrogens with one attached hydrogen (secondary N) is 1. The van der Waals surface area contributed by atoms with Crippen LogP contribution in [0.25, 0.3) is 0 Å². The third kappa shape index (κ3) is 2.84. The molecule has 2 bridgehead atoms. The van der Waals surface area contributed by atoms with Gasteiger partial charge in [-0.3, -0.25) is 0 Å². The smallest absolute Gasteiger partial charge is 0.119 e. The molecule has 0 amide bonds. The Morgan fingerprint density at radius 3 is 2.95 bits per heavy atom. The number of benzene rings is 1. The fraction of sp³-hybridized carbons (Fsp3) is 0.647. The molecule has 20 heavy (non-hydrogen) atoms. The van der Waals surface area contributed by atoms with Gasteiger partial charge in [0.15, 0.2) is 0 Å². The molecule has 4 atom stereocenters. The zero-order valence-electron chi connectivity index (χ0n) is 12.5. The lowest BCUT2D eigenvalue weighted by atomic mass is 9.81. The van der Waals surface area contributed by atoms with Crippen molar-refractivity contribution in [3.8, 4) is 5.75 Å². The van der Waals surface area contributed by atoms with E-state index in [0.717, 1.165) is 18.7 Å². The minimum atomic E-state index is 0.481. The number of methoxy groups -OCH3 is 1. The maximum atomic E-state index is 6.03. The minimum Gasteiger partial charge on any atom is -0.497 e. The molecule has 1 aromatic carbocycles. The number of fused-ring (bicyclic) bond motifs is 2. The SMILES string of the molecule is CCNC(Cc1cccc(OC)c1)C1CC2CCC1O2. The second kappa shape index (κ2) is 6.15. The standard InChI is InChI=1S/C17H25NO2/c1-3-18-16(15-11-14-7-8-17(15)20-14)10-12-5-4-6-13(9-12)19-2/h4-6,9,14-18H,3,7-8,10-11H2,1-2H3. The largest absolute Gasteiger partial charge is 0.497 e. The third-order valence-electron chi connectivity index (χ3n) is 4.73. The van der Waals surface area contributed by atoms with E-state index in [9.17, 15) is 0 Å². The summed E-state index contributed by atoms with van der Waals surface area (Å²) in [6, 6.07) is 8.95. The Hall–Kier alpha value is -1.06. The van der Waals surface area contributed by atoms with Gasteiger partial charge in [-0.2, -0.15) is 0 Å². The van der Waals surface area contributed by atoms with Crippen molar-refractivity contribution in [2.75, 3.05) is 13.7 Å². The molecule has 110 valence electrons. The molecular weight excluding hydrogens is 250 g/mol. The summed E-state index contributed by atoms with van der Waals surface area (Å²) in [6.07, 6.45) is 5.80. The summed E-state index contributed by atoms with van der Waals surface area (Å²) in [5.41, 5.74) is 1.35. The van der Waals surface area contributed by atoms with Crippen LogP contribution < -0.4 is 10.1 Å². The highest BCUT2D eigenvalue weighted by atomic mass is 16.5. The second-order valence-corrected chi connectivity index (χ2v) is 5.99.